The predicted molar refractivity (Wildman–Crippen MR) is 76.6 cm³/mol. The number of amides is 1. The van der Waals surface area contributed by atoms with E-state index in [1.54, 1.807) is 0 Å². The maximum Gasteiger partial charge on any atom is 0.227 e. The monoisotopic (exact) mass is 281 g/mol. The Hall–Kier alpha value is -1.44. The second kappa shape index (κ2) is 7.37. The summed E-state index contributed by atoms with van der Waals surface area (Å²) in [6, 6.07) is 1.91. The molecule has 2 rings (SSSR count). The first-order valence-electron chi connectivity index (χ1n) is 6.92. The van der Waals surface area contributed by atoms with Crippen LogP contribution in [0.3, 0.4) is 0 Å². The van der Waals surface area contributed by atoms with Gasteiger partial charge in [-0.15, -0.1) is 0 Å². The molecule has 7 heteroatoms. The maximum atomic E-state index is 11.9. The molecule has 0 spiro atoms. The first-order chi connectivity index (χ1) is 9.63. The summed E-state index contributed by atoms with van der Waals surface area (Å²) in [5.41, 5.74) is 0. The fourth-order valence-electron chi connectivity index (χ4n) is 2.02. The number of rotatable bonds is 6. The van der Waals surface area contributed by atoms with Crippen LogP contribution in [0.25, 0.3) is 0 Å². The number of aromatic nitrogens is 2. The fraction of sp³-hybridized carbons (Fsp3) is 0.692. The maximum absolute atomic E-state index is 11.9. The molecule has 1 aliphatic heterocycles. The van der Waals surface area contributed by atoms with E-state index >= 15 is 0 Å². The Kier molecular flexibility index (Phi) is 5.51. The van der Waals surface area contributed by atoms with Crippen LogP contribution < -0.4 is 10.6 Å². The Bertz CT molecular complexity index is 426. The Morgan fingerprint density at radius 3 is 3.20 bits per heavy atom. The zero-order chi connectivity index (χ0) is 14.4. The third-order valence-corrected chi connectivity index (χ3v) is 3.11. The molecule has 2 N–H and O–H groups in total. The Balaban J connectivity index is 1.76. The van der Waals surface area contributed by atoms with E-state index in [9.17, 15) is 4.79 Å². The van der Waals surface area contributed by atoms with E-state index in [0.29, 0.717) is 25.5 Å². The minimum absolute atomic E-state index is 0.0362. The number of likely N-dealkylation sites (N-methyl/N-ethyl adjacent to an activating group) is 1. The molecule has 1 atom stereocenters. The van der Waals surface area contributed by atoms with Crippen LogP contribution in [0.1, 0.15) is 6.42 Å². The SMILES string of the molecule is CN(C)CCn1ccc(NC(=O)CC2COCCN2)n1. The second-order valence-corrected chi connectivity index (χ2v) is 5.25. The van der Waals surface area contributed by atoms with Crippen LogP contribution in [-0.4, -0.2) is 67.0 Å². The number of nitrogens with zero attached hydrogens (tertiary/aromatic N) is 3. The van der Waals surface area contributed by atoms with Gasteiger partial charge in [0.25, 0.3) is 0 Å². The molecule has 1 aromatic rings. The molecule has 0 bridgehead atoms. The molecule has 0 saturated carbocycles. The van der Waals surface area contributed by atoms with E-state index in [-0.39, 0.29) is 11.9 Å². The summed E-state index contributed by atoms with van der Waals surface area (Å²) in [7, 11) is 4.04. The van der Waals surface area contributed by atoms with Gasteiger partial charge in [0.2, 0.25) is 5.91 Å². The highest BCUT2D eigenvalue weighted by Crippen LogP contribution is 2.05. The summed E-state index contributed by atoms with van der Waals surface area (Å²) < 4.78 is 7.16. The molecule has 1 aromatic heterocycles. The van der Waals surface area contributed by atoms with Crippen molar-refractivity contribution >= 4 is 11.7 Å². The van der Waals surface area contributed by atoms with Crippen LogP contribution in [0.15, 0.2) is 12.3 Å². The average molecular weight is 281 g/mol. The third-order valence-electron chi connectivity index (χ3n) is 3.11. The lowest BCUT2D eigenvalue weighted by Gasteiger charge is -2.22. The molecule has 1 aliphatic rings. The quantitative estimate of drug-likeness (QED) is 0.753. The zero-order valence-electron chi connectivity index (χ0n) is 12.1. The van der Waals surface area contributed by atoms with Crippen LogP contribution in [0, 0.1) is 0 Å². The van der Waals surface area contributed by atoms with Gasteiger partial charge < -0.3 is 20.3 Å². The highest BCUT2D eigenvalue weighted by atomic mass is 16.5. The first-order valence-corrected chi connectivity index (χ1v) is 6.92. The Morgan fingerprint density at radius 1 is 1.65 bits per heavy atom. The number of anilines is 1. The highest BCUT2D eigenvalue weighted by molar-refractivity contribution is 5.90. The molecule has 1 saturated heterocycles. The van der Waals surface area contributed by atoms with Crippen molar-refractivity contribution in [1.82, 2.24) is 20.0 Å². The summed E-state index contributed by atoms with van der Waals surface area (Å²) in [5, 5.41) is 10.4. The molecule has 20 heavy (non-hydrogen) atoms. The molecule has 1 unspecified atom stereocenters. The number of morpholine rings is 1. The van der Waals surface area contributed by atoms with Gasteiger partial charge in [0.15, 0.2) is 5.82 Å². The summed E-state index contributed by atoms with van der Waals surface area (Å²) in [4.78, 5) is 14.0. The van der Waals surface area contributed by atoms with Crippen LogP contribution in [0.2, 0.25) is 0 Å². The van der Waals surface area contributed by atoms with E-state index in [4.69, 9.17) is 4.74 Å². The molecule has 7 nitrogen and oxygen atoms in total. The molecule has 112 valence electrons. The van der Waals surface area contributed by atoms with Gasteiger partial charge in [-0.05, 0) is 14.1 Å². The molecular formula is C13H23N5O2. The van der Waals surface area contributed by atoms with Crippen molar-refractivity contribution in [3.05, 3.63) is 12.3 Å². The lowest BCUT2D eigenvalue weighted by molar-refractivity contribution is -0.117. The van der Waals surface area contributed by atoms with Gasteiger partial charge in [0.05, 0.1) is 19.8 Å². The van der Waals surface area contributed by atoms with Gasteiger partial charge in [-0.25, -0.2) is 0 Å². The average Bonchev–Trinajstić information content (AvgIpc) is 2.85. The van der Waals surface area contributed by atoms with Crippen molar-refractivity contribution in [3.63, 3.8) is 0 Å². The summed E-state index contributed by atoms with van der Waals surface area (Å²) in [5.74, 6) is 0.566. The van der Waals surface area contributed by atoms with Crippen molar-refractivity contribution < 1.29 is 9.53 Å². The van der Waals surface area contributed by atoms with Gasteiger partial charge in [0, 0.05) is 37.8 Å². The Labute approximate surface area is 119 Å². The normalized spacial score (nSPS) is 19.2. The van der Waals surface area contributed by atoms with Crippen LogP contribution in [0.4, 0.5) is 5.82 Å². The lowest BCUT2D eigenvalue weighted by atomic mass is 10.2. The molecule has 0 radical (unpaired) electrons. The molecule has 1 fully saturated rings. The minimum Gasteiger partial charge on any atom is -0.378 e. The van der Waals surface area contributed by atoms with Crippen molar-refractivity contribution in [1.29, 1.82) is 0 Å². The number of ether oxygens (including phenoxy) is 1. The van der Waals surface area contributed by atoms with Crippen molar-refractivity contribution in [3.8, 4) is 0 Å². The minimum atomic E-state index is -0.0362. The Morgan fingerprint density at radius 2 is 2.50 bits per heavy atom. The van der Waals surface area contributed by atoms with Crippen LogP contribution >= 0.6 is 0 Å². The van der Waals surface area contributed by atoms with Gasteiger partial charge in [-0.1, -0.05) is 0 Å². The smallest absolute Gasteiger partial charge is 0.227 e. The number of carbonyl (C=O) groups is 1. The lowest BCUT2D eigenvalue weighted by Crippen LogP contribution is -2.43. The van der Waals surface area contributed by atoms with E-state index in [1.165, 1.54) is 0 Å². The van der Waals surface area contributed by atoms with Crippen molar-refractivity contribution in [2.24, 2.45) is 0 Å². The van der Waals surface area contributed by atoms with Gasteiger partial charge in [0.1, 0.15) is 0 Å². The number of nitrogens with one attached hydrogen (secondary N) is 2. The van der Waals surface area contributed by atoms with Crippen molar-refractivity contribution in [2.45, 2.75) is 19.0 Å². The molecular weight excluding hydrogens is 258 g/mol. The largest absolute Gasteiger partial charge is 0.378 e. The summed E-state index contributed by atoms with van der Waals surface area (Å²) in [6.07, 6.45) is 2.28. The fourth-order valence-corrected chi connectivity index (χ4v) is 2.02. The van der Waals surface area contributed by atoms with Crippen LogP contribution in [0.5, 0.6) is 0 Å². The van der Waals surface area contributed by atoms with E-state index in [1.807, 2.05) is 31.0 Å². The highest BCUT2D eigenvalue weighted by Gasteiger charge is 2.17. The topological polar surface area (TPSA) is 71.4 Å². The number of hydrogen-bond donors (Lipinski definition) is 2. The van der Waals surface area contributed by atoms with E-state index in [2.05, 4.69) is 20.6 Å². The molecule has 1 amide bonds. The summed E-state index contributed by atoms with van der Waals surface area (Å²) in [6.45, 7) is 3.83. The third kappa shape index (κ3) is 4.92. The van der Waals surface area contributed by atoms with Gasteiger partial charge in [-0.2, -0.15) is 5.10 Å². The standard InChI is InChI=1S/C13H23N5O2/c1-17(2)6-7-18-5-3-12(16-18)15-13(19)9-11-10-20-8-4-14-11/h3,5,11,14H,4,6-10H2,1-2H3,(H,15,16,19). The number of carbonyl (C=O) groups excluding carboxylic acids is 1. The molecule has 0 aromatic carbocycles. The van der Waals surface area contributed by atoms with Crippen molar-refractivity contribution in [2.75, 3.05) is 45.7 Å². The first kappa shape index (κ1) is 15.0. The number of hydrogen-bond acceptors (Lipinski definition) is 5. The zero-order valence-corrected chi connectivity index (χ0v) is 12.1. The summed E-state index contributed by atoms with van der Waals surface area (Å²) >= 11 is 0. The predicted octanol–water partition coefficient (Wildman–Crippen LogP) is -0.238. The van der Waals surface area contributed by atoms with E-state index in [0.717, 1.165) is 19.6 Å². The molecule has 2 heterocycles. The second-order valence-electron chi connectivity index (χ2n) is 5.25. The van der Waals surface area contributed by atoms with Crippen LogP contribution in [-0.2, 0) is 16.1 Å². The van der Waals surface area contributed by atoms with E-state index < -0.39 is 0 Å². The van der Waals surface area contributed by atoms with Gasteiger partial charge in [-0.3, -0.25) is 9.48 Å². The molecule has 0 aliphatic carbocycles. The van der Waals surface area contributed by atoms with Gasteiger partial charge >= 0.3 is 0 Å².